The molecule has 1 saturated carbocycles. The first-order valence-electron chi connectivity index (χ1n) is 7.55. The summed E-state index contributed by atoms with van der Waals surface area (Å²) in [5.41, 5.74) is 4.25. The summed E-state index contributed by atoms with van der Waals surface area (Å²) in [5.74, 6) is -1.30. The van der Waals surface area contributed by atoms with Crippen molar-refractivity contribution in [2.75, 3.05) is 20.8 Å². The Kier molecular flexibility index (Phi) is 3.52. The molecule has 1 aliphatic carbocycles. The SMILES string of the molecule is CCOc1ccc(C2C3(C#N)C(N)=NC(OC)(OC)C23C#N)cc1. The molecule has 3 atom stereocenters. The van der Waals surface area contributed by atoms with Crippen LogP contribution in [-0.4, -0.2) is 32.6 Å². The van der Waals surface area contributed by atoms with Crippen LogP contribution in [0.3, 0.4) is 0 Å². The van der Waals surface area contributed by atoms with E-state index in [-0.39, 0.29) is 5.84 Å². The van der Waals surface area contributed by atoms with Crippen LogP contribution in [0.4, 0.5) is 0 Å². The fourth-order valence-electron chi connectivity index (χ4n) is 3.94. The maximum Gasteiger partial charge on any atom is 0.292 e. The molecule has 124 valence electrons. The summed E-state index contributed by atoms with van der Waals surface area (Å²) in [6.45, 7) is 2.46. The molecule has 1 heterocycles. The molecule has 3 rings (SSSR count). The molecule has 7 heteroatoms. The monoisotopic (exact) mass is 326 g/mol. The normalized spacial score (nSPS) is 32.2. The van der Waals surface area contributed by atoms with E-state index in [1.54, 1.807) is 12.1 Å². The first-order valence-corrected chi connectivity index (χ1v) is 7.55. The Hall–Kier alpha value is -2.61. The van der Waals surface area contributed by atoms with Crippen LogP contribution in [0.15, 0.2) is 29.3 Å². The number of fused-ring (bicyclic) bond motifs is 1. The smallest absolute Gasteiger partial charge is 0.292 e. The topological polar surface area (TPSA) is 114 Å². The van der Waals surface area contributed by atoms with E-state index >= 15 is 0 Å². The van der Waals surface area contributed by atoms with Crippen LogP contribution >= 0.6 is 0 Å². The molecule has 3 unspecified atom stereocenters. The number of rotatable bonds is 5. The highest BCUT2D eigenvalue weighted by Crippen LogP contribution is 2.81. The van der Waals surface area contributed by atoms with E-state index in [9.17, 15) is 10.5 Å². The number of methoxy groups -OCH3 is 2. The zero-order valence-corrected chi connectivity index (χ0v) is 13.7. The third-order valence-electron chi connectivity index (χ3n) is 5.01. The molecule has 0 radical (unpaired) electrons. The second-order valence-corrected chi connectivity index (χ2v) is 5.76. The van der Waals surface area contributed by atoms with Crippen LogP contribution in [0.25, 0.3) is 0 Å². The van der Waals surface area contributed by atoms with E-state index < -0.39 is 22.7 Å². The lowest BCUT2D eigenvalue weighted by molar-refractivity contribution is -0.230. The van der Waals surface area contributed by atoms with Crippen molar-refractivity contribution in [2.45, 2.75) is 18.8 Å². The quantitative estimate of drug-likeness (QED) is 0.821. The molecule has 0 amide bonds. The summed E-state index contributed by atoms with van der Waals surface area (Å²) in [7, 11) is 2.78. The van der Waals surface area contributed by atoms with Crippen LogP contribution < -0.4 is 10.5 Å². The van der Waals surface area contributed by atoms with Gasteiger partial charge in [0.2, 0.25) is 0 Å². The lowest BCUT2D eigenvalue weighted by atomic mass is 9.93. The van der Waals surface area contributed by atoms with Crippen LogP contribution in [0.2, 0.25) is 0 Å². The van der Waals surface area contributed by atoms with Crippen LogP contribution in [0, 0.1) is 33.5 Å². The largest absolute Gasteiger partial charge is 0.494 e. The van der Waals surface area contributed by atoms with Crippen molar-refractivity contribution < 1.29 is 14.2 Å². The summed E-state index contributed by atoms with van der Waals surface area (Å²) < 4.78 is 16.3. The number of aliphatic imine (C=N–C) groups is 1. The Balaban J connectivity index is 2.12. The number of nitrogens with zero attached hydrogens (tertiary/aromatic N) is 3. The highest BCUT2D eigenvalue weighted by molar-refractivity contribution is 6.00. The fourth-order valence-corrected chi connectivity index (χ4v) is 3.94. The van der Waals surface area contributed by atoms with Crippen LogP contribution in [0.5, 0.6) is 5.75 Å². The zero-order chi connectivity index (χ0) is 17.6. The number of nitrogens with two attached hydrogens (primary N) is 1. The molecule has 24 heavy (non-hydrogen) atoms. The van der Waals surface area contributed by atoms with Crippen molar-refractivity contribution in [1.82, 2.24) is 0 Å². The van der Waals surface area contributed by atoms with E-state index in [0.29, 0.717) is 6.61 Å². The van der Waals surface area contributed by atoms with Crippen LogP contribution in [-0.2, 0) is 9.47 Å². The van der Waals surface area contributed by atoms with Gasteiger partial charge in [0.1, 0.15) is 17.0 Å². The number of amidine groups is 1. The molecule has 0 bridgehead atoms. The Morgan fingerprint density at radius 3 is 2.25 bits per heavy atom. The lowest BCUT2D eigenvalue weighted by Crippen LogP contribution is -2.41. The third kappa shape index (κ3) is 1.53. The Labute approximate surface area is 140 Å². The minimum atomic E-state index is -1.59. The molecule has 2 aliphatic rings. The van der Waals surface area contributed by atoms with E-state index in [1.165, 1.54) is 14.2 Å². The minimum absolute atomic E-state index is 0.0640. The van der Waals surface area contributed by atoms with Gasteiger partial charge in [-0.2, -0.15) is 10.5 Å². The molecule has 0 aromatic heterocycles. The Morgan fingerprint density at radius 2 is 1.79 bits per heavy atom. The van der Waals surface area contributed by atoms with Crippen molar-refractivity contribution in [3.63, 3.8) is 0 Å². The highest BCUT2D eigenvalue weighted by atomic mass is 16.7. The average molecular weight is 326 g/mol. The van der Waals surface area contributed by atoms with Gasteiger partial charge in [0.15, 0.2) is 5.41 Å². The van der Waals surface area contributed by atoms with Crippen LogP contribution in [0.1, 0.15) is 18.4 Å². The number of ether oxygens (including phenoxy) is 3. The van der Waals surface area contributed by atoms with E-state index in [2.05, 4.69) is 17.1 Å². The number of nitriles is 2. The molecule has 0 spiro atoms. The summed E-state index contributed by atoms with van der Waals surface area (Å²) in [6, 6.07) is 11.7. The number of benzene rings is 1. The van der Waals surface area contributed by atoms with Gasteiger partial charge in [-0.25, -0.2) is 4.99 Å². The summed E-state index contributed by atoms with van der Waals surface area (Å²) in [6.07, 6.45) is 0. The minimum Gasteiger partial charge on any atom is -0.494 e. The van der Waals surface area contributed by atoms with Gasteiger partial charge >= 0.3 is 0 Å². The maximum atomic E-state index is 9.93. The molecular weight excluding hydrogens is 308 g/mol. The summed E-state index contributed by atoms with van der Waals surface area (Å²) in [5, 5.41) is 19.8. The van der Waals surface area contributed by atoms with Gasteiger partial charge in [-0.05, 0) is 24.6 Å². The molecule has 2 N–H and O–H groups in total. The fraction of sp³-hybridized carbons (Fsp3) is 0.471. The van der Waals surface area contributed by atoms with Crippen molar-refractivity contribution in [2.24, 2.45) is 21.6 Å². The maximum absolute atomic E-state index is 9.93. The van der Waals surface area contributed by atoms with Gasteiger partial charge in [0.05, 0.1) is 18.7 Å². The number of hydrogen-bond donors (Lipinski definition) is 1. The summed E-state index contributed by atoms with van der Waals surface area (Å²) in [4.78, 5) is 4.18. The van der Waals surface area contributed by atoms with Gasteiger partial charge < -0.3 is 19.9 Å². The third-order valence-corrected chi connectivity index (χ3v) is 5.01. The second kappa shape index (κ2) is 5.20. The molecule has 1 aromatic rings. The van der Waals surface area contributed by atoms with E-state index in [0.717, 1.165) is 11.3 Å². The van der Waals surface area contributed by atoms with Gasteiger partial charge in [-0.3, -0.25) is 0 Å². The van der Waals surface area contributed by atoms with Gasteiger partial charge in [-0.15, -0.1) is 0 Å². The highest BCUT2D eigenvalue weighted by Gasteiger charge is 2.93. The van der Waals surface area contributed by atoms with Crippen molar-refractivity contribution >= 4 is 5.84 Å². The predicted molar refractivity (Wildman–Crippen MR) is 84.8 cm³/mol. The molecule has 1 fully saturated rings. The Morgan fingerprint density at radius 1 is 1.17 bits per heavy atom. The summed E-state index contributed by atoms with van der Waals surface area (Å²) >= 11 is 0. The molecule has 1 aromatic carbocycles. The molecular formula is C17H18N4O3. The number of hydrogen-bond acceptors (Lipinski definition) is 7. The van der Waals surface area contributed by atoms with Crippen molar-refractivity contribution in [1.29, 1.82) is 10.5 Å². The second-order valence-electron chi connectivity index (χ2n) is 5.76. The predicted octanol–water partition coefficient (Wildman–Crippen LogP) is 1.52. The standard InChI is InChI=1S/C17H18N4O3/c1-4-24-12-7-5-11(6-8-12)13-15(9-18)14(20)21-17(22-2,23-3)16(13,15)10-19/h5-8,13H,4H2,1-3H3,(H2,20,21). The first kappa shape index (κ1) is 16.3. The van der Waals surface area contributed by atoms with Crippen molar-refractivity contribution in [3.8, 4) is 17.9 Å². The lowest BCUT2D eigenvalue weighted by Gasteiger charge is -2.29. The Bertz CT molecular complexity index is 773. The molecule has 1 aliphatic heterocycles. The average Bonchev–Trinajstić information content (AvgIpc) is 3.18. The van der Waals surface area contributed by atoms with Gasteiger partial charge in [-0.1, -0.05) is 12.1 Å². The zero-order valence-electron chi connectivity index (χ0n) is 13.7. The van der Waals surface area contributed by atoms with Crippen molar-refractivity contribution in [3.05, 3.63) is 29.8 Å². The van der Waals surface area contributed by atoms with Gasteiger partial charge in [0.25, 0.3) is 5.91 Å². The molecule has 0 saturated heterocycles. The van der Waals surface area contributed by atoms with E-state index in [1.807, 2.05) is 19.1 Å². The van der Waals surface area contributed by atoms with E-state index in [4.69, 9.17) is 19.9 Å². The first-order chi connectivity index (χ1) is 11.5. The molecule has 7 nitrogen and oxygen atoms in total. The van der Waals surface area contributed by atoms with Gasteiger partial charge in [0, 0.05) is 20.1 Å².